The SMILES string of the molecule is CC(C)C(C(=O)/C=C(\O)C(C(C)C)C(C)C)C(C)C.Cc1[c-]c(-c2nccc3c2ccc2c(CCC(F)(F)F)cccc23)cc(C)c1.[Ir]. The molecule has 0 aliphatic rings. The Morgan fingerprint density at radius 2 is 1.38 bits per heavy atom. The zero-order chi connectivity index (χ0) is 35.2. The van der Waals surface area contributed by atoms with Crippen molar-refractivity contribution in [2.45, 2.75) is 88.3 Å². The number of alkyl halides is 3. The van der Waals surface area contributed by atoms with Crippen molar-refractivity contribution in [2.75, 3.05) is 0 Å². The van der Waals surface area contributed by atoms with Crippen molar-refractivity contribution >= 4 is 27.3 Å². The van der Waals surface area contributed by atoms with E-state index in [0.717, 1.165) is 43.9 Å². The summed E-state index contributed by atoms with van der Waals surface area (Å²) in [5, 5.41) is 14.0. The van der Waals surface area contributed by atoms with Crippen LogP contribution in [-0.2, 0) is 31.3 Å². The first-order chi connectivity index (χ1) is 21.9. The summed E-state index contributed by atoms with van der Waals surface area (Å²) in [6, 6.07) is 18.9. The fourth-order valence-corrected chi connectivity index (χ4v) is 7.04. The molecule has 4 aromatic rings. The molecule has 0 aliphatic carbocycles. The van der Waals surface area contributed by atoms with Gasteiger partial charge in [-0.25, -0.2) is 0 Å². The third-order valence-electron chi connectivity index (χ3n) is 8.81. The molecule has 0 fully saturated rings. The van der Waals surface area contributed by atoms with Crippen LogP contribution in [0.2, 0.25) is 0 Å². The maximum atomic E-state index is 12.7. The number of halogens is 3. The van der Waals surface area contributed by atoms with Gasteiger partial charge in [0.1, 0.15) is 0 Å². The fourth-order valence-electron chi connectivity index (χ4n) is 7.04. The van der Waals surface area contributed by atoms with Gasteiger partial charge in [-0.15, -0.1) is 34.9 Å². The zero-order valence-corrected chi connectivity index (χ0v) is 32.3. The quantitative estimate of drug-likeness (QED) is 0.0749. The number of aliphatic hydroxyl groups is 1. The zero-order valence-electron chi connectivity index (χ0n) is 29.9. The molecule has 0 amide bonds. The third-order valence-corrected chi connectivity index (χ3v) is 8.81. The van der Waals surface area contributed by atoms with Gasteiger partial charge in [0.25, 0.3) is 0 Å². The molecule has 0 atom stereocenters. The molecule has 0 spiro atoms. The number of allylic oxidation sites excluding steroid dienone is 2. The van der Waals surface area contributed by atoms with Gasteiger partial charge in [0.05, 0.1) is 5.76 Å². The monoisotopic (exact) mass is 839 g/mol. The van der Waals surface area contributed by atoms with E-state index < -0.39 is 12.6 Å². The Kier molecular flexibility index (Phi) is 15.1. The fraction of sp³-hybridized carbons (Fsp3) is 0.463. The molecule has 0 bridgehead atoms. The van der Waals surface area contributed by atoms with Gasteiger partial charge in [-0.2, -0.15) is 13.2 Å². The van der Waals surface area contributed by atoms with E-state index in [4.69, 9.17) is 0 Å². The second-order valence-electron chi connectivity index (χ2n) is 14.2. The molecule has 0 saturated carbocycles. The van der Waals surface area contributed by atoms with E-state index in [1.54, 1.807) is 12.3 Å². The van der Waals surface area contributed by atoms with Crippen LogP contribution in [0.15, 0.2) is 66.6 Å². The summed E-state index contributed by atoms with van der Waals surface area (Å²) >= 11 is 0. The van der Waals surface area contributed by atoms with E-state index in [2.05, 4.69) is 78.6 Å². The van der Waals surface area contributed by atoms with Crippen LogP contribution in [0.4, 0.5) is 13.2 Å². The van der Waals surface area contributed by atoms with Crippen molar-refractivity contribution in [3.05, 3.63) is 89.3 Å². The molecule has 48 heavy (non-hydrogen) atoms. The van der Waals surface area contributed by atoms with Crippen molar-refractivity contribution in [2.24, 2.45) is 35.5 Å². The summed E-state index contributed by atoms with van der Waals surface area (Å²) in [5.74, 6) is 1.63. The summed E-state index contributed by atoms with van der Waals surface area (Å²) in [5.41, 5.74) is 4.67. The van der Waals surface area contributed by atoms with E-state index in [1.807, 2.05) is 44.2 Å². The van der Waals surface area contributed by atoms with Gasteiger partial charge in [0.2, 0.25) is 0 Å². The number of hydrogen-bond acceptors (Lipinski definition) is 3. The Labute approximate surface area is 298 Å². The number of aliphatic hydroxyl groups excluding tert-OH is 1. The standard InChI is InChI=1S/C24H19F3N.C17H32O2.Ir/c1-15-12-16(2)14-18(13-15)23-22-7-6-19-17(8-10-24(25,26)27)4-3-5-20(19)21(22)9-11-28-23;1-10(2)16(11(3)4)14(18)9-15(19)17(12(5)6)13(7)8;/h3-7,9,11-13H,8,10H2,1-2H3;9-13,16-18H,1-8H3;/q-1;;/b;14-9-;. The molecular formula is C41H51F3IrNO2-. The van der Waals surface area contributed by atoms with E-state index in [9.17, 15) is 23.1 Å². The number of carbonyl (C=O) groups is 1. The molecule has 1 aromatic heterocycles. The summed E-state index contributed by atoms with van der Waals surface area (Å²) in [7, 11) is 0. The molecule has 7 heteroatoms. The Morgan fingerprint density at radius 3 is 1.92 bits per heavy atom. The Balaban J connectivity index is 0.000000355. The summed E-state index contributed by atoms with van der Waals surface area (Å²) in [6.07, 6.45) is -1.76. The van der Waals surface area contributed by atoms with E-state index in [1.165, 1.54) is 6.08 Å². The van der Waals surface area contributed by atoms with Crippen molar-refractivity contribution < 1.29 is 43.2 Å². The van der Waals surface area contributed by atoms with Crippen molar-refractivity contribution in [1.29, 1.82) is 0 Å². The van der Waals surface area contributed by atoms with Crippen LogP contribution in [0.1, 0.15) is 78.5 Å². The number of nitrogens with zero attached hydrogens (tertiary/aromatic N) is 1. The smallest absolute Gasteiger partial charge is 0.389 e. The van der Waals surface area contributed by atoms with Gasteiger partial charge >= 0.3 is 6.18 Å². The maximum Gasteiger partial charge on any atom is 0.389 e. The summed E-state index contributed by atoms with van der Waals surface area (Å²) in [6.45, 7) is 20.6. The predicted molar refractivity (Wildman–Crippen MR) is 189 cm³/mol. The van der Waals surface area contributed by atoms with Crippen molar-refractivity contribution in [1.82, 2.24) is 4.98 Å². The Bertz CT molecular complexity index is 1670. The molecule has 0 aliphatic heterocycles. The van der Waals surface area contributed by atoms with E-state index >= 15 is 0 Å². The molecule has 0 unspecified atom stereocenters. The second-order valence-corrected chi connectivity index (χ2v) is 14.2. The van der Waals surface area contributed by atoms with Gasteiger partial charge in [0, 0.05) is 50.6 Å². The first-order valence-corrected chi connectivity index (χ1v) is 16.7. The van der Waals surface area contributed by atoms with Crippen LogP contribution < -0.4 is 0 Å². The van der Waals surface area contributed by atoms with Crippen LogP contribution in [0.3, 0.4) is 0 Å². The van der Waals surface area contributed by atoms with E-state index in [-0.39, 0.29) is 49.9 Å². The topological polar surface area (TPSA) is 50.2 Å². The third kappa shape index (κ3) is 10.7. The van der Waals surface area contributed by atoms with Crippen LogP contribution in [0, 0.1) is 55.4 Å². The minimum absolute atomic E-state index is 0. The number of carbonyl (C=O) groups excluding carboxylic acids is 1. The Morgan fingerprint density at radius 1 is 0.812 bits per heavy atom. The number of aromatic nitrogens is 1. The first-order valence-electron chi connectivity index (χ1n) is 16.7. The van der Waals surface area contributed by atoms with Crippen LogP contribution >= 0.6 is 0 Å². The number of rotatable bonds is 10. The van der Waals surface area contributed by atoms with E-state index in [0.29, 0.717) is 29.2 Å². The van der Waals surface area contributed by atoms with Crippen LogP contribution in [0.5, 0.6) is 0 Å². The molecule has 0 saturated heterocycles. The van der Waals surface area contributed by atoms with Gasteiger partial charge in [0.15, 0.2) is 5.78 Å². The number of ketones is 1. The molecule has 1 heterocycles. The summed E-state index contributed by atoms with van der Waals surface area (Å²) in [4.78, 5) is 16.9. The largest absolute Gasteiger partial charge is 0.512 e. The molecule has 263 valence electrons. The number of aryl methyl sites for hydroxylation is 3. The van der Waals surface area contributed by atoms with Gasteiger partial charge in [-0.1, -0.05) is 99.6 Å². The molecule has 4 rings (SSSR count). The molecule has 3 aromatic carbocycles. The summed E-state index contributed by atoms with van der Waals surface area (Å²) < 4.78 is 38.1. The minimum atomic E-state index is -4.16. The van der Waals surface area contributed by atoms with Gasteiger partial charge < -0.3 is 10.1 Å². The number of benzene rings is 3. The van der Waals surface area contributed by atoms with Gasteiger partial charge in [-0.3, -0.25) is 4.79 Å². The minimum Gasteiger partial charge on any atom is -0.512 e. The first kappa shape index (κ1) is 41.2. The average molecular weight is 839 g/mol. The predicted octanol–water partition coefficient (Wildman–Crippen LogP) is 11.8. The normalized spacial score (nSPS) is 12.4. The molecular weight excluding hydrogens is 788 g/mol. The Hall–Kier alpha value is -3.02. The van der Waals surface area contributed by atoms with Crippen molar-refractivity contribution in [3.8, 4) is 11.3 Å². The molecule has 3 nitrogen and oxygen atoms in total. The maximum absolute atomic E-state index is 12.7. The molecule has 1 radical (unpaired) electrons. The number of hydrogen-bond donors (Lipinski definition) is 1. The molecule has 1 N–H and O–H groups in total. The second kappa shape index (κ2) is 17.6. The van der Waals surface area contributed by atoms with Crippen LogP contribution in [0.25, 0.3) is 32.8 Å². The number of fused-ring (bicyclic) bond motifs is 3. The van der Waals surface area contributed by atoms with Crippen LogP contribution in [-0.4, -0.2) is 22.1 Å². The van der Waals surface area contributed by atoms with Crippen molar-refractivity contribution in [3.63, 3.8) is 0 Å². The average Bonchev–Trinajstić information content (AvgIpc) is 2.94. The number of pyridine rings is 1. The van der Waals surface area contributed by atoms with Gasteiger partial charge in [-0.05, 0) is 69.0 Å².